The predicted octanol–water partition coefficient (Wildman–Crippen LogP) is 3.01. The average Bonchev–Trinajstić information content (AvgIpc) is 2.20. The Hall–Kier alpha value is -0.280. The summed E-state index contributed by atoms with van der Waals surface area (Å²) in [5.41, 5.74) is 5.99. The van der Waals surface area contributed by atoms with Crippen molar-refractivity contribution in [3.05, 3.63) is 0 Å². The maximum absolute atomic E-state index is 12.0. The zero-order valence-electron chi connectivity index (χ0n) is 12.0. The molecule has 1 aliphatic rings. The van der Waals surface area contributed by atoms with E-state index < -0.39 is 0 Å². The van der Waals surface area contributed by atoms with Crippen LogP contribution in [0.15, 0.2) is 0 Å². The molecule has 18 heavy (non-hydrogen) atoms. The fourth-order valence-electron chi connectivity index (χ4n) is 2.84. The summed E-state index contributed by atoms with van der Waals surface area (Å²) in [6.07, 6.45) is 7.36. The first-order valence-corrected chi connectivity index (χ1v) is 7.01. The molecular weight excluding hydrogens is 248 g/mol. The number of carbonyl (C=O) groups excluding carboxylic acids is 1. The Morgan fingerprint density at radius 1 is 1.33 bits per heavy atom. The maximum atomic E-state index is 12.0. The second-order valence-electron chi connectivity index (χ2n) is 6.09. The number of nitrogens with one attached hydrogen (secondary N) is 1. The van der Waals surface area contributed by atoms with E-state index in [1.165, 1.54) is 12.8 Å². The van der Waals surface area contributed by atoms with Gasteiger partial charge in [0.2, 0.25) is 5.91 Å². The van der Waals surface area contributed by atoms with E-state index in [1.807, 2.05) is 0 Å². The Morgan fingerprint density at radius 2 is 1.94 bits per heavy atom. The largest absolute Gasteiger partial charge is 0.351 e. The van der Waals surface area contributed by atoms with Crippen molar-refractivity contribution in [1.82, 2.24) is 5.32 Å². The van der Waals surface area contributed by atoms with Gasteiger partial charge in [0.15, 0.2) is 0 Å². The lowest BCUT2D eigenvalue weighted by molar-refractivity contribution is -0.124. The second kappa shape index (κ2) is 8.00. The van der Waals surface area contributed by atoms with E-state index in [9.17, 15) is 4.79 Å². The van der Waals surface area contributed by atoms with Gasteiger partial charge in [-0.05, 0) is 39.0 Å². The maximum Gasteiger partial charge on any atom is 0.220 e. The third kappa shape index (κ3) is 6.05. The minimum Gasteiger partial charge on any atom is -0.351 e. The molecule has 108 valence electrons. The van der Waals surface area contributed by atoms with Gasteiger partial charge in [0.1, 0.15) is 0 Å². The van der Waals surface area contributed by atoms with E-state index in [0.717, 1.165) is 25.7 Å². The van der Waals surface area contributed by atoms with Crippen molar-refractivity contribution in [2.24, 2.45) is 11.7 Å². The van der Waals surface area contributed by atoms with Crippen molar-refractivity contribution in [2.45, 2.75) is 77.3 Å². The first kappa shape index (κ1) is 17.7. The highest BCUT2D eigenvalue weighted by molar-refractivity contribution is 5.85. The van der Waals surface area contributed by atoms with Crippen LogP contribution in [-0.4, -0.2) is 17.5 Å². The summed E-state index contributed by atoms with van der Waals surface area (Å²) < 4.78 is 0. The third-order valence-electron chi connectivity index (χ3n) is 3.77. The van der Waals surface area contributed by atoms with E-state index in [1.54, 1.807) is 0 Å². The summed E-state index contributed by atoms with van der Waals surface area (Å²) >= 11 is 0. The van der Waals surface area contributed by atoms with E-state index in [4.69, 9.17) is 5.73 Å². The first-order chi connectivity index (χ1) is 7.94. The molecule has 2 atom stereocenters. The van der Waals surface area contributed by atoms with Gasteiger partial charge in [-0.25, -0.2) is 0 Å². The van der Waals surface area contributed by atoms with Crippen LogP contribution in [0.3, 0.4) is 0 Å². The summed E-state index contributed by atoms with van der Waals surface area (Å²) in [6.45, 7) is 6.33. The van der Waals surface area contributed by atoms with Crippen molar-refractivity contribution in [3.8, 4) is 0 Å². The van der Waals surface area contributed by atoms with Crippen LogP contribution in [0.25, 0.3) is 0 Å². The summed E-state index contributed by atoms with van der Waals surface area (Å²) in [4.78, 5) is 12.0. The Labute approximate surface area is 118 Å². The summed E-state index contributed by atoms with van der Waals surface area (Å²) in [6, 6.07) is 0.226. The molecule has 1 rings (SSSR count). The molecular formula is C14H29ClN2O. The predicted molar refractivity (Wildman–Crippen MR) is 78.9 cm³/mol. The van der Waals surface area contributed by atoms with E-state index in [-0.39, 0.29) is 29.9 Å². The number of nitrogens with two attached hydrogens (primary N) is 1. The van der Waals surface area contributed by atoms with Gasteiger partial charge < -0.3 is 11.1 Å². The minimum atomic E-state index is -0.0788. The highest BCUT2D eigenvalue weighted by Gasteiger charge is 2.26. The van der Waals surface area contributed by atoms with Crippen LogP contribution in [0.2, 0.25) is 0 Å². The Kier molecular flexibility index (Phi) is 7.88. The Bertz CT molecular complexity index is 256. The van der Waals surface area contributed by atoms with Crippen LogP contribution in [0.4, 0.5) is 0 Å². The molecule has 1 saturated carbocycles. The normalized spacial score (nSPS) is 24.2. The number of amides is 1. The van der Waals surface area contributed by atoms with Crippen molar-refractivity contribution in [2.75, 3.05) is 0 Å². The summed E-state index contributed by atoms with van der Waals surface area (Å²) in [7, 11) is 0. The SMILES string of the molecule is CCCC(C)(C)NC(=O)CC1CCCCC1N.Cl. The van der Waals surface area contributed by atoms with Crippen molar-refractivity contribution >= 4 is 18.3 Å². The van der Waals surface area contributed by atoms with Gasteiger partial charge in [-0.3, -0.25) is 4.79 Å². The van der Waals surface area contributed by atoms with Crippen molar-refractivity contribution in [3.63, 3.8) is 0 Å². The van der Waals surface area contributed by atoms with Gasteiger partial charge in [-0.2, -0.15) is 0 Å². The molecule has 4 heteroatoms. The van der Waals surface area contributed by atoms with Gasteiger partial charge in [0, 0.05) is 18.0 Å². The van der Waals surface area contributed by atoms with Gasteiger partial charge in [0.25, 0.3) is 0 Å². The van der Waals surface area contributed by atoms with Crippen LogP contribution < -0.4 is 11.1 Å². The quantitative estimate of drug-likeness (QED) is 0.811. The van der Waals surface area contributed by atoms with Crippen LogP contribution >= 0.6 is 12.4 Å². The molecule has 0 bridgehead atoms. The molecule has 0 heterocycles. The highest BCUT2D eigenvalue weighted by Crippen LogP contribution is 2.25. The lowest BCUT2D eigenvalue weighted by Gasteiger charge is -2.31. The molecule has 3 nitrogen and oxygen atoms in total. The fraction of sp³-hybridized carbons (Fsp3) is 0.929. The van der Waals surface area contributed by atoms with Crippen LogP contribution in [0, 0.1) is 5.92 Å². The second-order valence-corrected chi connectivity index (χ2v) is 6.09. The molecule has 0 aliphatic heterocycles. The van der Waals surface area contributed by atoms with Crippen LogP contribution in [0.1, 0.15) is 65.7 Å². The van der Waals surface area contributed by atoms with E-state index in [0.29, 0.717) is 12.3 Å². The van der Waals surface area contributed by atoms with Gasteiger partial charge >= 0.3 is 0 Å². The van der Waals surface area contributed by atoms with E-state index in [2.05, 4.69) is 26.1 Å². The number of hydrogen-bond donors (Lipinski definition) is 2. The molecule has 0 aromatic carbocycles. The molecule has 0 saturated heterocycles. The summed E-state index contributed by atoms with van der Waals surface area (Å²) in [5, 5.41) is 3.13. The molecule has 2 unspecified atom stereocenters. The molecule has 0 spiro atoms. The third-order valence-corrected chi connectivity index (χ3v) is 3.77. The smallest absolute Gasteiger partial charge is 0.220 e. The van der Waals surface area contributed by atoms with Gasteiger partial charge in [-0.1, -0.05) is 26.2 Å². The van der Waals surface area contributed by atoms with Gasteiger partial charge in [0.05, 0.1) is 0 Å². The summed E-state index contributed by atoms with van der Waals surface area (Å²) in [5.74, 6) is 0.562. The molecule has 3 N–H and O–H groups in total. The fourth-order valence-corrected chi connectivity index (χ4v) is 2.84. The van der Waals surface area contributed by atoms with Crippen molar-refractivity contribution in [1.29, 1.82) is 0 Å². The first-order valence-electron chi connectivity index (χ1n) is 7.01. The molecule has 1 fully saturated rings. The van der Waals surface area contributed by atoms with Gasteiger partial charge in [-0.15, -0.1) is 12.4 Å². The van der Waals surface area contributed by atoms with Crippen LogP contribution in [0.5, 0.6) is 0 Å². The average molecular weight is 277 g/mol. The minimum absolute atomic E-state index is 0. The standard InChI is InChI=1S/C14H28N2O.ClH/c1-4-9-14(2,3)16-13(17)10-11-7-5-6-8-12(11)15;/h11-12H,4-10,15H2,1-3H3,(H,16,17);1H. The highest BCUT2D eigenvalue weighted by atomic mass is 35.5. The zero-order chi connectivity index (χ0) is 12.9. The molecule has 1 aliphatic carbocycles. The lowest BCUT2D eigenvalue weighted by Crippen LogP contribution is -2.45. The molecule has 1 amide bonds. The molecule has 0 aromatic rings. The topological polar surface area (TPSA) is 55.1 Å². The number of hydrogen-bond acceptors (Lipinski definition) is 2. The monoisotopic (exact) mass is 276 g/mol. The number of rotatable bonds is 5. The van der Waals surface area contributed by atoms with Crippen molar-refractivity contribution < 1.29 is 4.79 Å². The lowest BCUT2D eigenvalue weighted by atomic mass is 9.82. The number of carbonyl (C=O) groups is 1. The molecule has 0 aromatic heterocycles. The van der Waals surface area contributed by atoms with E-state index >= 15 is 0 Å². The Morgan fingerprint density at radius 3 is 2.50 bits per heavy atom. The molecule has 0 radical (unpaired) electrons. The number of halogens is 1. The Balaban J connectivity index is 0.00000289. The van der Waals surface area contributed by atoms with Crippen LogP contribution in [-0.2, 0) is 4.79 Å². The zero-order valence-corrected chi connectivity index (χ0v) is 12.8.